The Kier molecular flexibility index (Phi) is 5.10. The highest BCUT2D eigenvalue weighted by molar-refractivity contribution is 8.00. The summed E-state index contributed by atoms with van der Waals surface area (Å²) < 4.78 is 0. The van der Waals surface area contributed by atoms with E-state index in [1.807, 2.05) is 6.92 Å². The summed E-state index contributed by atoms with van der Waals surface area (Å²) in [6, 6.07) is 6.81. The summed E-state index contributed by atoms with van der Waals surface area (Å²) in [7, 11) is 0. The van der Waals surface area contributed by atoms with Crippen molar-refractivity contribution in [2.75, 3.05) is 16.8 Å². The van der Waals surface area contributed by atoms with E-state index in [0.717, 1.165) is 5.56 Å². The lowest BCUT2D eigenvalue weighted by Crippen LogP contribution is -2.23. The fourth-order valence-electron chi connectivity index (χ4n) is 1.70. The topological polar surface area (TPSA) is 107 Å². The van der Waals surface area contributed by atoms with E-state index in [0.29, 0.717) is 15.9 Å². The molecule has 5 N–H and O–H groups in total. The summed E-state index contributed by atoms with van der Waals surface area (Å²) >= 11 is 7.22. The third-order valence-electron chi connectivity index (χ3n) is 2.92. The molecular formula is C14H16ClN5OS. The number of amides is 1. The van der Waals surface area contributed by atoms with Gasteiger partial charge in [0.15, 0.2) is 5.16 Å². The molecule has 0 aliphatic carbocycles. The Bertz CT molecular complexity index is 689. The number of nitrogens with one attached hydrogen (secondary N) is 1. The van der Waals surface area contributed by atoms with Crippen LogP contribution in [0, 0.1) is 6.92 Å². The summed E-state index contributed by atoms with van der Waals surface area (Å²) in [4.78, 5) is 20.3. The first-order valence-electron chi connectivity index (χ1n) is 6.49. The second kappa shape index (κ2) is 6.85. The van der Waals surface area contributed by atoms with Crippen molar-refractivity contribution >= 4 is 46.6 Å². The molecule has 1 aromatic heterocycles. The number of anilines is 3. The van der Waals surface area contributed by atoms with E-state index in [2.05, 4.69) is 15.3 Å². The van der Waals surface area contributed by atoms with E-state index in [-0.39, 0.29) is 17.5 Å². The summed E-state index contributed by atoms with van der Waals surface area (Å²) in [5.74, 6) is 0.363. The van der Waals surface area contributed by atoms with Crippen molar-refractivity contribution in [1.29, 1.82) is 0 Å². The van der Waals surface area contributed by atoms with Gasteiger partial charge in [-0.15, -0.1) is 0 Å². The van der Waals surface area contributed by atoms with E-state index in [9.17, 15) is 4.79 Å². The molecule has 0 aliphatic rings. The smallest absolute Gasteiger partial charge is 0.237 e. The molecular weight excluding hydrogens is 322 g/mol. The van der Waals surface area contributed by atoms with Gasteiger partial charge in [0.2, 0.25) is 5.91 Å². The van der Waals surface area contributed by atoms with E-state index in [1.165, 1.54) is 17.8 Å². The molecule has 0 saturated carbocycles. The molecule has 1 aromatic carbocycles. The predicted octanol–water partition coefficient (Wildman–Crippen LogP) is 2.72. The van der Waals surface area contributed by atoms with Crippen molar-refractivity contribution in [2.24, 2.45) is 0 Å². The highest BCUT2D eigenvalue weighted by atomic mass is 35.5. The first-order valence-corrected chi connectivity index (χ1v) is 7.75. The summed E-state index contributed by atoms with van der Waals surface area (Å²) in [6.45, 7) is 3.60. The lowest BCUT2D eigenvalue weighted by atomic mass is 10.2. The molecule has 0 bridgehead atoms. The fourth-order valence-corrected chi connectivity index (χ4v) is 2.68. The number of thioether (sulfide) groups is 1. The molecule has 0 spiro atoms. The third kappa shape index (κ3) is 4.02. The van der Waals surface area contributed by atoms with Gasteiger partial charge < -0.3 is 16.8 Å². The van der Waals surface area contributed by atoms with Crippen molar-refractivity contribution < 1.29 is 4.79 Å². The van der Waals surface area contributed by atoms with E-state index >= 15 is 0 Å². The van der Waals surface area contributed by atoms with Crippen LogP contribution in [0.1, 0.15) is 12.5 Å². The average Bonchev–Trinajstić information content (AvgIpc) is 2.42. The molecule has 0 aliphatic heterocycles. The maximum atomic E-state index is 12.3. The normalized spacial score (nSPS) is 12.0. The molecule has 8 heteroatoms. The number of carbonyl (C=O) groups is 1. The largest absolute Gasteiger partial charge is 0.383 e. The minimum Gasteiger partial charge on any atom is -0.383 e. The number of aromatic nitrogens is 2. The van der Waals surface area contributed by atoms with Gasteiger partial charge in [0, 0.05) is 16.8 Å². The van der Waals surface area contributed by atoms with Crippen LogP contribution >= 0.6 is 23.4 Å². The zero-order chi connectivity index (χ0) is 16.3. The molecule has 0 radical (unpaired) electrons. The number of rotatable bonds is 4. The van der Waals surface area contributed by atoms with Crippen LogP contribution in [-0.4, -0.2) is 21.1 Å². The second-order valence-electron chi connectivity index (χ2n) is 4.66. The molecule has 0 saturated heterocycles. The first-order chi connectivity index (χ1) is 10.4. The third-order valence-corrected chi connectivity index (χ3v) is 4.29. The minimum atomic E-state index is -0.417. The summed E-state index contributed by atoms with van der Waals surface area (Å²) in [6.07, 6.45) is 0. The van der Waals surface area contributed by atoms with Crippen molar-refractivity contribution in [3.8, 4) is 0 Å². The molecule has 116 valence electrons. The van der Waals surface area contributed by atoms with Crippen LogP contribution in [0.15, 0.2) is 29.4 Å². The van der Waals surface area contributed by atoms with Crippen LogP contribution in [-0.2, 0) is 4.79 Å². The Balaban J connectivity index is 2.07. The molecule has 1 atom stereocenters. The van der Waals surface area contributed by atoms with E-state index in [4.69, 9.17) is 23.1 Å². The van der Waals surface area contributed by atoms with Crippen LogP contribution in [0.4, 0.5) is 17.3 Å². The Morgan fingerprint density at radius 1 is 1.32 bits per heavy atom. The van der Waals surface area contributed by atoms with E-state index < -0.39 is 5.25 Å². The molecule has 0 fully saturated rings. The predicted molar refractivity (Wildman–Crippen MR) is 91.0 cm³/mol. The molecule has 1 amide bonds. The average molecular weight is 338 g/mol. The van der Waals surface area contributed by atoms with Gasteiger partial charge in [-0.1, -0.05) is 29.4 Å². The molecule has 2 rings (SSSR count). The van der Waals surface area contributed by atoms with Crippen LogP contribution in [0.5, 0.6) is 0 Å². The highest BCUT2D eigenvalue weighted by Gasteiger charge is 2.17. The standard InChI is InChI=1S/C14H16ClN5OS/c1-7-9(15)4-3-5-10(7)18-13(21)8(2)22-14-19-11(16)6-12(17)20-14/h3-6,8H,1-2H3,(H,18,21)(H4,16,17,19,20). The van der Waals surface area contributed by atoms with E-state index in [1.54, 1.807) is 25.1 Å². The van der Waals surface area contributed by atoms with Crippen LogP contribution in [0.2, 0.25) is 5.02 Å². The fraction of sp³-hybridized carbons (Fsp3) is 0.214. The van der Waals surface area contributed by atoms with Gasteiger partial charge >= 0.3 is 0 Å². The monoisotopic (exact) mass is 337 g/mol. The van der Waals surface area contributed by atoms with Crippen LogP contribution < -0.4 is 16.8 Å². The lowest BCUT2D eigenvalue weighted by Gasteiger charge is -2.13. The molecule has 2 aromatic rings. The number of nitrogens with zero attached hydrogens (tertiary/aromatic N) is 2. The Labute approximate surface area is 137 Å². The zero-order valence-electron chi connectivity index (χ0n) is 12.1. The van der Waals surface area contributed by atoms with Gasteiger partial charge in [-0.3, -0.25) is 4.79 Å². The Morgan fingerprint density at radius 2 is 1.95 bits per heavy atom. The molecule has 1 unspecified atom stereocenters. The highest BCUT2D eigenvalue weighted by Crippen LogP contribution is 2.26. The Morgan fingerprint density at radius 3 is 2.59 bits per heavy atom. The van der Waals surface area contributed by atoms with Gasteiger partial charge in [0.05, 0.1) is 5.25 Å². The van der Waals surface area contributed by atoms with Crippen molar-refractivity contribution in [3.63, 3.8) is 0 Å². The molecule has 1 heterocycles. The number of hydrogen-bond acceptors (Lipinski definition) is 6. The maximum absolute atomic E-state index is 12.3. The molecule has 6 nitrogen and oxygen atoms in total. The molecule has 22 heavy (non-hydrogen) atoms. The van der Waals surface area contributed by atoms with Gasteiger partial charge in [0.25, 0.3) is 0 Å². The van der Waals surface area contributed by atoms with Crippen LogP contribution in [0.25, 0.3) is 0 Å². The number of benzene rings is 1. The Hall–Kier alpha value is -1.99. The number of halogens is 1. The quantitative estimate of drug-likeness (QED) is 0.585. The van der Waals surface area contributed by atoms with Crippen LogP contribution in [0.3, 0.4) is 0 Å². The number of nitrogen functional groups attached to an aromatic ring is 2. The van der Waals surface area contributed by atoms with Gasteiger partial charge in [-0.2, -0.15) is 0 Å². The minimum absolute atomic E-state index is 0.181. The van der Waals surface area contributed by atoms with Gasteiger partial charge in [-0.05, 0) is 31.5 Å². The summed E-state index contributed by atoms with van der Waals surface area (Å²) in [5, 5.41) is 3.39. The zero-order valence-corrected chi connectivity index (χ0v) is 13.7. The number of carbonyl (C=O) groups excluding carboxylic acids is 1. The SMILES string of the molecule is Cc1c(Cl)cccc1NC(=O)C(C)Sc1nc(N)cc(N)n1. The number of nitrogens with two attached hydrogens (primary N) is 2. The van der Waals surface area contributed by atoms with Gasteiger partial charge in [-0.25, -0.2) is 9.97 Å². The van der Waals surface area contributed by atoms with Crippen molar-refractivity contribution in [3.05, 3.63) is 34.9 Å². The van der Waals surface area contributed by atoms with Crippen molar-refractivity contribution in [1.82, 2.24) is 9.97 Å². The summed E-state index contributed by atoms with van der Waals surface area (Å²) in [5.41, 5.74) is 12.7. The maximum Gasteiger partial charge on any atom is 0.237 e. The first kappa shape index (κ1) is 16.4. The van der Waals surface area contributed by atoms with Gasteiger partial charge in [0.1, 0.15) is 11.6 Å². The second-order valence-corrected chi connectivity index (χ2v) is 6.38. The van der Waals surface area contributed by atoms with Crippen molar-refractivity contribution in [2.45, 2.75) is 24.3 Å². The number of hydrogen-bond donors (Lipinski definition) is 3. The lowest BCUT2D eigenvalue weighted by molar-refractivity contribution is -0.115.